The van der Waals surface area contributed by atoms with Crippen molar-refractivity contribution < 1.29 is 19.3 Å². The molecule has 4 amide bonds. The number of nitrogens with one attached hydrogen (secondary N) is 2. The van der Waals surface area contributed by atoms with Crippen molar-refractivity contribution in [3.05, 3.63) is 81.9 Å². The predicted molar refractivity (Wildman–Crippen MR) is 123 cm³/mol. The molecule has 174 valence electrons. The molecule has 1 saturated heterocycles. The Hall–Kier alpha value is -4.01. The lowest BCUT2D eigenvalue weighted by Gasteiger charge is -2.29. The Bertz CT molecular complexity index is 1180. The average molecular weight is 460 g/mol. The summed E-state index contributed by atoms with van der Waals surface area (Å²) >= 11 is 0. The first-order valence-electron chi connectivity index (χ1n) is 11.2. The number of carbonyl (C=O) groups excluding carboxylic acids is 3. The number of benzene rings is 2. The number of aryl methyl sites for hydroxylation is 1. The van der Waals surface area contributed by atoms with Crippen LogP contribution in [0.3, 0.4) is 0 Å². The summed E-state index contributed by atoms with van der Waals surface area (Å²) in [7, 11) is 0. The van der Waals surface area contributed by atoms with E-state index < -0.39 is 17.1 Å². The summed E-state index contributed by atoms with van der Waals surface area (Å²) in [4.78, 5) is 51.3. The third-order valence-electron chi connectivity index (χ3n) is 7.05. The van der Waals surface area contributed by atoms with Gasteiger partial charge < -0.3 is 10.6 Å². The second-order valence-corrected chi connectivity index (χ2v) is 9.11. The van der Waals surface area contributed by atoms with Crippen molar-refractivity contribution in [3.63, 3.8) is 0 Å². The van der Waals surface area contributed by atoms with Crippen molar-refractivity contribution in [1.82, 2.24) is 10.2 Å². The molecule has 1 saturated carbocycles. The first kappa shape index (κ1) is 21.8. The van der Waals surface area contributed by atoms with Gasteiger partial charge in [0.05, 0.1) is 16.8 Å². The van der Waals surface area contributed by atoms with Gasteiger partial charge in [0.1, 0.15) is 6.17 Å². The maximum atomic E-state index is 13.3. The summed E-state index contributed by atoms with van der Waals surface area (Å²) in [6, 6.07) is 12.9. The molecule has 9 heteroatoms. The molecule has 2 aromatic carbocycles. The number of likely N-dealkylation sites (tertiary alicyclic amines) is 1. The minimum absolute atomic E-state index is 0.0745. The molecule has 2 aromatic rings. The number of allylic oxidation sites excluding steroid dienone is 2. The van der Waals surface area contributed by atoms with Gasteiger partial charge in [-0.25, -0.2) is 4.79 Å². The highest BCUT2D eigenvalue weighted by molar-refractivity contribution is 6.07. The zero-order valence-corrected chi connectivity index (χ0v) is 18.5. The number of amides is 4. The number of imide groups is 1. The van der Waals surface area contributed by atoms with Gasteiger partial charge in [0.2, 0.25) is 11.8 Å². The van der Waals surface area contributed by atoms with E-state index in [4.69, 9.17) is 0 Å². The van der Waals surface area contributed by atoms with Crippen molar-refractivity contribution in [2.45, 2.75) is 25.9 Å². The number of hydrogen-bond acceptors (Lipinski definition) is 5. The van der Waals surface area contributed by atoms with E-state index in [1.807, 2.05) is 42.5 Å². The number of carbonyl (C=O) groups is 3. The van der Waals surface area contributed by atoms with Crippen LogP contribution in [-0.4, -0.2) is 33.8 Å². The summed E-state index contributed by atoms with van der Waals surface area (Å²) in [5.41, 5.74) is 1.72. The van der Waals surface area contributed by atoms with Gasteiger partial charge in [0.25, 0.3) is 5.69 Å². The Kier molecular flexibility index (Phi) is 5.39. The van der Waals surface area contributed by atoms with Gasteiger partial charge in [0, 0.05) is 24.2 Å². The number of nitro benzene ring substituents is 1. The Labute approximate surface area is 196 Å². The fraction of sp³-hybridized carbons (Fsp3) is 0.320. The van der Waals surface area contributed by atoms with Crippen LogP contribution in [0.1, 0.15) is 17.5 Å². The van der Waals surface area contributed by atoms with E-state index in [1.54, 1.807) is 6.92 Å². The number of nitro groups is 1. The molecule has 1 aliphatic heterocycles. The van der Waals surface area contributed by atoms with Crippen LogP contribution in [-0.2, 0) is 16.0 Å². The van der Waals surface area contributed by atoms with Crippen molar-refractivity contribution in [1.29, 1.82) is 0 Å². The lowest BCUT2D eigenvalue weighted by molar-refractivity contribution is -0.384. The molecule has 2 fully saturated rings. The molecule has 0 radical (unpaired) electrons. The summed E-state index contributed by atoms with van der Waals surface area (Å²) in [5.74, 6) is -1.04. The minimum Gasteiger partial charge on any atom is -0.317 e. The van der Waals surface area contributed by atoms with Crippen molar-refractivity contribution >= 4 is 29.2 Å². The van der Waals surface area contributed by atoms with E-state index in [0.29, 0.717) is 11.3 Å². The molecule has 34 heavy (non-hydrogen) atoms. The largest absolute Gasteiger partial charge is 0.320 e. The summed E-state index contributed by atoms with van der Waals surface area (Å²) < 4.78 is 0. The molecule has 5 atom stereocenters. The van der Waals surface area contributed by atoms with Crippen LogP contribution in [0.15, 0.2) is 60.7 Å². The van der Waals surface area contributed by atoms with Crippen molar-refractivity contribution in [2.75, 3.05) is 5.32 Å². The van der Waals surface area contributed by atoms with Crippen LogP contribution >= 0.6 is 0 Å². The summed E-state index contributed by atoms with van der Waals surface area (Å²) in [6.45, 7) is 1.65. The smallest absolute Gasteiger partial charge is 0.317 e. The highest BCUT2D eigenvalue weighted by atomic mass is 16.6. The molecule has 0 spiro atoms. The monoisotopic (exact) mass is 460 g/mol. The van der Waals surface area contributed by atoms with Gasteiger partial charge in [-0.3, -0.25) is 24.6 Å². The highest BCUT2D eigenvalue weighted by Crippen LogP contribution is 2.52. The summed E-state index contributed by atoms with van der Waals surface area (Å²) in [6.07, 6.45) is 4.31. The predicted octanol–water partition coefficient (Wildman–Crippen LogP) is 3.40. The quantitative estimate of drug-likeness (QED) is 0.296. The topological polar surface area (TPSA) is 122 Å². The number of anilines is 1. The Morgan fingerprint density at radius 2 is 1.74 bits per heavy atom. The number of nitrogens with zero attached hydrogens (tertiary/aromatic N) is 2. The number of urea groups is 1. The molecule has 2 bridgehead atoms. The van der Waals surface area contributed by atoms with E-state index >= 15 is 0 Å². The highest BCUT2D eigenvalue weighted by Gasteiger charge is 2.60. The van der Waals surface area contributed by atoms with E-state index in [1.165, 1.54) is 23.1 Å². The van der Waals surface area contributed by atoms with Gasteiger partial charge in [-0.05, 0) is 42.4 Å². The Balaban J connectivity index is 1.38. The van der Waals surface area contributed by atoms with Crippen molar-refractivity contribution in [3.8, 4) is 0 Å². The van der Waals surface area contributed by atoms with Crippen LogP contribution in [0.5, 0.6) is 0 Å². The lowest BCUT2D eigenvalue weighted by atomic mass is 9.85. The first-order chi connectivity index (χ1) is 16.3. The fourth-order valence-electron chi connectivity index (χ4n) is 5.49. The van der Waals surface area contributed by atoms with Gasteiger partial charge >= 0.3 is 6.03 Å². The maximum absolute atomic E-state index is 13.3. The minimum atomic E-state index is -0.856. The molecular formula is C25H24N4O5. The normalized spacial score (nSPS) is 25.4. The third kappa shape index (κ3) is 3.72. The molecule has 0 aromatic heterocycles. The third-order valence-corrected chi connectivity index (χ3v) is 7.05. The van der Waals surface area contributed by atoms with Gasteiger partial charge in [-0.2, -0.15) is 0 Å². The van der Waals surface area contributed by atoms with Crippen LogP contribution in [0.4, 0.5) is 16.2 Å². The number of non-ortho nitro benzene ring substituents is 1. The molecule has 9 nitrogen and oxygen atoms in total. The van der Waals surface area contributed by atoms with E-state index in [-0.39, 0.29) is 47.6 Å². The van der Waals surface area contributed by atoms with Crippen LogP contribution < -0.4 is 10.6 Å². The number of rotatable bonds is 6. The second-order valence-electron chi connectivity index (χ2n) is 9.11. The van der Waals surface area contributed by atoms with Crippen LogP contribution in [0.2, 0.25) is 0 Å². The zero-order chi connectivity index (χ0) is 24.0. The van der Waals surface area contributed by atoms with Gasteiger partial charge in [-0.1, -0.05) is 42.5 Å². The van der Waals surface area contributed by atoms with Crippen molar-refractivity contribution in [2.24, 2.45) is 23.7 Å². The number of hydrogen-bond donors (Lipinski definition) is 2. The summed E-state index contributed by atoms with van der Waals surface area (Å²) in [5, 5.41) is 16.5. The van der Waals surface area contributed by atoms with Gasteiger partial charge in [-0.15, -0.1) is 0 Å². The van der Waals surface area contributed by atoms with Crippen LogP contribution in [0.25, 0.3) is 0 Å². The fourth-order valence-corrected chi connectivity index (χ4v) is 5.49. The zero-order valence-electron chi connectivity index (χ0n) is 18.5. The maximum Gasteiger partial charge on any atom is 0.320 e. The van der Waals surface area contributed by atoms with Gasteiger partial charge in [0.15, 0.2) is 0 Å². The molecular weight excluding hydrogens is 436 g/mol. The SMILES string of the molecule is Cc1cc([N+](=O)[O-])ccc1NC(=O)NC(Cc1ccccc1)N1C(=O)C2C3C=CC(C3)C2C1=O. The first-order valence-corrected chi connectivity index (χ1v) is 11.2. The second kappa shape index (κ2) is 8.40. The number of fused-ring (bicyclic) bond motifs is 5. The molecule has 2 aliphatic carbocycles. The standard InChI is InChI=1S/C25H24N4O5/c1-14-11-18(29(33)34)9-10-19(14)26-25(32)27-20(12-15-5-3-2-4-6-15)28-23(30)21-16-7-8-17(13-16)22(21)24(28)31/h2-11,16-17,20-22H,12-13H2,1H3,(H2,26,27,32). The van der Waals surface area contributed by atoms with E-state index in [9.17, 15) is 24.5 Å². The molecule has 2 N–H and O–H groups in total. The Morgan fingerprint density at radius 3 is 2.32 bits per heavy atom. The Morgan fingerprint density at radius 1 is 1.09 bits per heavy atom. The molecule has 5 rings (SSSR count). The van der Waals surface area contributed by atoms with E-state index in [0.717, 1.165) is 12.0 Å². The lowest BCUT2D eigenvalue weighted by Crippen LogP contribution is -2.54. The van der Waals surface area contributed by atoms with E-state index in [2.05, 4.69) is 10.6 Å². The van der Waals surface area contributed by atoms with Crippen LogP contribution in [0, 0.1) is 40.7 Å². The average Bonchev–Trinajstić information content (AvgIpc) is 3.49. The molecule has 3 aliphatic rings. The molecule has 1 heterocycles. The molecule has 5 unspecified atom stereocenters.